The van der Waals surface area contributed by atoms with Gasteiger partial charge in [0.25, 0.3) is 0 Å². The van der Waals surface area contributed by atoms with Crippen molar-refractivity contribution in [1.29, 1.82) is 5.26 Å². The third-order valence-electron chi connectivity index (χ3n) is 3.50. The maximum atomic E-state index is 13.1. The molecule has 1 heterocycles. The molecule has 20 heavy (non-hydrogen) atoms. The standard InChI is InChI=1S/C13H16FN3O2S/c14-12-1-2-13(11(7-12)8-15)17-5-3-10(4-6-17)9-20(16,18)19/h1-2,7,10H,3-6,9H2,(H2,16,18,19). The quantitative estimate of drug-likeness (QED) is 0.908. The Morgan fingerprint density at radius 3 is 2.60 bits per heavy atom. The van der Waals surface area contributed by atoms with Gasteiger partial charge in [0.2, 0.25) is 10.0 Å². The molecule has 1 aromatic rings. The second kappa shape index (κ2) is 5.77. The molecule has 108 valence electrons. The van der Waals surface area contributed by atoms with Crippen molar-refractivity contribution in [3.8, 4) is 6.07 Å². The minimum Gasteiger partial charge on any atom is -0.370 e. The molecule has 1 aliphatic rings. The van der Waals surface area contributed by atoms with E-state index in [4.69, 9.17) is 10.4 Å². The third-order valence-corrected chi connectivity index (χ3v) is 4.44. The van der Waals surface area contributed by atoms with Gasteiger partial charge in [-0.25, -0.2) is 17.9 Å². The van der Waals surface area contributed by atoms with E-state index in [9.17, 15) is 12.8 Å². The molecule has 0 unspecified atom stereocenters. The molecule has 0 atom stereocenters. The fraction of sp³-hybridized carbons (Fsp3) is 0.462. The predicted molar refractivity (Wildman–Crippen MR) is 74.0 cm³/mol. The number of hydrogen-bond donors (Lipinski definition) is 1. The molecule has 0 radical (unpaired) electrons. The van der Waals surface area contributed by atoms with E-state index < -0.39 is 15.8 Å². The van der Waals surface area contributed by atoms with Crippen molar-refractivity contribution in [2.75, 3.05) is 23.7 Å². The lowest BCUT2D eigenvalue weighted by Crippen LogP contribution is -2.37. The molecule has 1 saturated heterocycles. The number of halogens is 1. The Kier molecular flexibility index (Phi) is 4.26. The lowest BCUT2D eigenvalue weighted by atomic mass is 9.98. The van der Waals surface area contributed by atoms with Gasteiger partial charge in [-0.3, -0.25) is 0 Å². The van der Waals surface area contributed by atoms with Crippen LogP contribution >= 0.6 is 0 Å². The molecule has 0 saturated carbocycles. The molecule has 0 bridgehead atoms. The van der Waals surface area contributed by atoms with E-state index in [2.05, 4.69) is 0 Å². The summed E-state index contributed by atoms with van der Waals surface area (Å²) in [6, 6.07) is 6.12. The monoisotopic (exact) mass is 297 g/mol. The number of hydrogen-bond acceptors (Lipinski definition) is 4. The summed E-state index contributed by atoms with van der Waals surface area (Å²) in [5, 5.41) is 14.1. The highest BCUT2D eigenvalue weighted by atomic mass is 32.2. The maximum Gasteiger partial charge on any atom is 0.209 e. The highest BCUT2D eigenvalue weighted by Crippen LogP contribution is 2.27. The van der Waals surface area contributed by atoms with Crippen LogP contribution in [0.4, 0.5) is 10.1 Å². The summed E-state index contributed by atoms with van der Waals surface area (Å²) in [5.74, 6) is -0.392. The van der Waals surface area contributed by atoms with Crippen LogP contribution in [0.3, 0.4) is 0 Å². The highest BCUT2D eigenvalue weighted by molar-refractivity contribution is 7.89. The minimum atomic E-state index is -3.44. The van der Waals surface area contributed by atoms with Gasteiger partial charge in [0.05, 0.1) is 17.0 Å². The number of nitrogens with two attached hydrogens (primary N) is 1. The minimum absolute atomic E-state index is 0.00460. The Balaban J connectivity index is 2.06. The van der Waals surface area contributed by atoms with Crippen LogP contribution in [0.2, 0.25) is 0 Å². The van der Waals surface area contributed by atoms with E-state index in [1.807, 2.05) is 11.0 Å². The van der Waals surface area contributed by atoms with Gasteiger partial charge in [-0.05, 0) is 37.0 Å². The molecule has 5 nitrogen and oxygen atoms in total. The van der Waals surface area contributed by atoms with Crippen molar-refractivity contribution < 1.29 is 12.8 Å². The molecule has 0 amide bonds. The number of nitriles is 1. The van der Waals surface area contributed by atoms with Crippen LogP contribution in [-0.2, 0) is 10.0 Å². The molecule has 0 aromatic heterocycles. The zero-order chi connectivity index (χ0) is 14.8. The van der Waals surface area contributed by atoms with Crippen molar-refractivity contribution in [3.63, 3.8) is 0 Å². The lowest BCUT2D eigenvalue weighted by Gasteiger charge is -2.33. The number of sulfonamides is 1. The largest absolute Gasteiger partial charge is 0.370 e. The number of benzene rings is 1. The molecule has 1 aromatic carbocycles. The molecule has 2 rings (SSSR count). The summed E-state index contributed by atoms with van der Waals surface area (Å²) in [4.78, 5) is 1.98. The molecule has 2 N–H and O–H groups in total. The predicted octanol–water partition coefficient (Wildman–Crippen LogP) is 1.20. The van der Waals surface area contributed by atoms with Crippen LogP contribution in [0, 0.1) is 23.1 Å². The van der Waals surface area contributed by atoms with Crippen LogP contribution in [-0.4, -0.2) is 27.3 Å². The molecule has 0 aliphatic carbocycles. The van der Waals surface area contributed by atoms with Gasteiger partial charge in [-0.15, -0.1) is 0 Å². The normalized spacial score (nSPS) is 16.9. The average Bonchev–Trinajstić information content (AvgIpc) is 2.38. The first-order valence-electron chi connectivity index (χ1n) is 6.34. The summed E-state index contributed by atoms with van der Waals surface area (Å²) < 4.78 is 35.2. The Labute approximate surface area is 117 Å². The summed E-state index contributed by atoms with van der Waals surface area (Å²) in [7, 11) is -3.44. The van der Waals surface area contributed by atoms with E-state index in [-0.39, 0.29) is 11.7 Å². The van der Waals surface area contributed by atoms with Gasteiger partial charge in [0.1, 0.15) is 11.9 Å². The van der Waals surface area contributed by atoms with E-state index >= 15 is 0 Å². The molecular formula is C13H16FN3O2S. The fourth-order valence-electron chi connectivity index (χ4n) is 2.54. The fourth-order valence-corrected chi connectivity index (χ4v) is 3.53. The van der Waals surface area contributed by atoms with Gasteiger partial charge in [-0.2, -0.15) is 5.26 Å². The van der Waals surface area contributed by atoms with Crippen molar-refractivity contribution in [3.05, 3.63) is 29.6 Å². The second-order valence-corrected chi connectivity index (χ2v) is 6.69. The van der Waals surface area contributed by atoms with Gasteiger partial charge < -0.3 is 4.90 Å². The molecule has 0 spiro atoms. The number of piperidine rings is 1. The number of primary sulfonamides is 1. The Hall–Kier alpha value is -1.65. The first-order chi connectivity index (χ1) is 9.39. The van der Waals surface area contributed by atoms with E-state index in [1.54, 1.807) is 6.07 Å². The first kappa shape index (κ1) is 14.8. The van der Waals surface area contributed by atoms with Crippen LogP contribution in [0.1, 0.15) is 18.4 Å². The summed E-state index contributed by atoms with van der Waals surface area (Å²) >= 11 is 0. The number of nitrogens with zero attached hydrogens (tertiary/aromatic N) is 2. The lowest BCUT2D eigenvalue weighted by molar-refractivity contribution is 0.435. The second-order valence-electron chi connectivity index (χ2n) is 5.03. The van der Waals surface area contributed by atoms with Crippen molar-refractivity contribution in [1.82, 2.24) is 0 Å². The average molecular weight is 297 g/mol. The summed E-state index contributed by atoms with van der Waals surface area (Å²) in [5.41, 5.74) is 0.998. The molecular weight excluding hydrogens is 281 g/mol. The topological polar surface area (TPSA) is 87.2 Å². The van der Waals surface area contributed by atoms with Gasteiger partial charge in [0.15, 0.2) is 0 Å². The number of rotatable bonds is 3. The van der Waals surface area contributed by atoms with Crippen LogP contribution in [0.15, 0.2) is 18.2 Å². The SMILES string of the molecule is N#Cc1cc(F)ccc1N1CCC(CS(N)(=O)=O)CC1. The molecule has 1 aliphatic heterocycles. The summed E-state index contributed by atoms with van der Waals surface area (Å²) in [6.07, 6.45) is 1.39. The van der Waals surface area contributed by atoms with Crippen molar-refractivity contribution in [2.24, 2.45) is 11.1 Å². The Morgan fingerprint density at radius 1 is 1.40 bits per heavy atom. The van der Waals surface area contributed by atoms with Crippen LogP contribution in [0.5, 0.6) is 0 Å². The zero-order valence-corrected chi connectivity index (χ0v) is 11.7. The van der Waals surface area contributed by atoms with E-state index in [1.165, 1.54) is 12.1 Å². The zero-order valence-electron chi connectivity index (χ0n) is 10.9. The van der Waals surface area contributed by atoms with E-state index in [0.717, 1.165) is 0 Å². The molecule has 7 heteroatoms. The smallest absolute Gasteiger partial charge is 0.209 e. The maximum absolute atomic E-state index is 13.1. The van der Waals surface area contributed by atoms with Gasteiger partial charge in [-0.1, -0.05) is 0 Å². The third kappa shape index (κ3) is 3.68. The van der Waals surface area contributed by atoms with E-state index in [0.29, 0.717) is 37.2 Å². The Morgan fingerprint density at radius 2 is 2.05 bits per heavy atom. The summed E-state index contributed by atoms with van der Waals surface area (Å²) in [6.45, 7) is 1.28. The molecule has 1 fully saturated rings. The van der Waals surface area contributed by atoms with Crippen molar-refractivity contribution in [2.45, 2.75) is 12.8 Å². The van der Waals surface area contributed by atoms with Gasteiger partial charge in [0, 0.05) is 13.1 Å². The van der Waals surface area contributed by atoms with Gasteiger partial charge >= 0.3 is 0 Å². The number of anilines is 1. The van der Waals surface area contributed by atoms with Crippen molar-refractivity contribution >= 4 is 15.7 Å². The Bertz CT molecular complexity index is 632. The highest BCUT2D eigenvalue weighted by Gasteiger charge is 2.24. The van der Waals surface area contributed by atoms with Crippen LogP contribution < -0.4 is 10.0 Å². The van der Waals surface area contributed by atoms with Crippen LogP contribution in [0.25, 0.3) is 0 Å². The first-order valence-corrected chi connectivity index (χ1v) is 8.05.